The van der Waals surface area contributed by atoms with Crippen molar-refractivity contribution in [2.75, 3.05) is 32.8 Å². The van der Waals surface area contributed by atoms with Crippen LogP contribution in [-0.4, -0.2) is 59.4 Å². The van der Waals surface area contributed by atoms with Crippen LogP contribution in [0.3, 0.4) is 0 Å². The number of carbonyl (C=O) groups excluding carboxylic acids is 2. The lowest BCUT2D eigenvalue weighted by Gasteiger charge is -2.29. The van der Waals surface area contributed by atoms with Gasteiger partial charge in [0.15, 0.2) is 5.76 Å². The smallest absolute Gasteiger partial charge is 0.290 e. The molecule has 0 spiro atoms. The summed E-state index contributed by atoms with van der Waals surface area (Å²) in [6.45, 7) is 10.9. The maximum atomic E-state index is 13.3. The SMILES string of the molecule is C=CCOc1cccc([C@H]2C(C(=O)c3cccs3)=C(O)C(=O)N2CCN(CC)CC)c1. The van der Waals surface area contributed by atoms with Gasteiger partial charge < -0.3 is 19.6 Å². The fourth-order valence-electron chi connectivity index (χ4n) is 3.72. The summed E-state index contributed by atoms with van der Waals surface area (Å²) in [5, 5.41) is 12.5. The number of likely N-dealkylation sites (N-methyl/N-ethyl adjacent to an activating group) is 1. The number of ketones is 1. The van der Waals surface area contributed by atoms with E-state index < -0.39 is 17.7 Å². The molecule has 1 aromatic heterocycles. The van der Waals surface area contributed by atoms with Crippen molar-refractivity contribution in [3.05, 3.63) is 76.2 Å². The van der Waals surface area contributed by atoms with Crippen LogP contribution in [0, 0.1) is 0 Å². The van der Waals surface area contributed by atoms with E-state index in [0.29, 0.717) is 30.3 Å². The van der Waals surface area contributed by atoms with Crippen molar-refractivity contribution < 1.29 is 19.4 Å². The molecule has 2 aromatic rings. The molecule has 7 heteroatoms. The zero-order valence-electron chi connectivity index (χ0n) is 17.9. The van der Waals surface area contributed by atoms with Gasteiger partial charge in [0, 0.05) is 13.1 Å². The minimum Gasteiger partial charge on any atom is -0.503 e. The third kappa shape index (κ3) is 4.89. The highest BCUT2D eigenvalue weighted by molar-refractivity contribution is 7.12. The summed E-state index contributed by atoms with van der Waals surface area (Å²) in [6.07, 6.45) is 1.65. The van der Waals surface area contributed by atoms with E-state index >= 15 is 0 Å². The van der Waals surface area contributed by atoms with Crippen molar-refractivity contribution in [1.29, 1.82) is 0 Å². The number of rotatable bonds is 11. The molecule has 164 valence electrons. The Morgan fingerprint density at radius 1 is 1.29 bits per heavy atom. The van der Waals surface area contributed by atoms with Crippen molar-refractivity contribution in [3.8, 4) is 5.75 Å². The summed E-state index contributed by atoms with van der Waals surface area (Å²) in [5.41, 5.74) is 0.839. The highest BCUT2D eigenvalue weighted by atomic mass is 32.1. The van der Waals surface area contributed by atoms with E-state index in [0.717, 1.165) is 18.7 Å². The predicted octanol–water partition coefficient (Wildman–Crippen LogP) is 4.23. The van der Waals surface area contributed by atoms with Crippen molar-refractivity contribution in [1.82, 2.24) is 9.80 Å². The van der Waals surface area contributed by atoms with Crippen molar-refractivity contribution in [3.63, 3.8) is 0 Å². The van der Waals surface area contributed by atoms with Crippen LogP contribution in [-0.2, 0) is 4.79 Å². The minimum absolute atomic E-state index is 0.118. The molecule has 1 aromatic carbocycles. The lowest BCUT2D eigenvalue weighted by Crippen LogP contribution is -2.38. The van der Waals surface area contributed by atoms with Crippen LogP contribution in [0.2, 0.25) is 0 Å². The standard InChI is InChI=1S/C24H28N2O4S/c1-4-14-30-18-10-7-9-17(16-18)21-20(22(27)19-11-8-15-31-19)23(28)24(29)26(21)13-12-25(5-2)6-3/h4,7-11,15-16,21,28H,1,5-6,12-14H2,2-3H3/t21-/m0/s1. The quantitative estimate of drug-likeness (QED) is 0.418. The van der Waals surface area contributed by atoms with Gasteiger partial charge >= 0.3 is 0 Å². The Kier molecular flexibility index (Phi) is 7.65. The maximum absolute atomic E-state index is 13.3. The first-order chi connectivity index (χ1) is 15.0. The Labute approximate surface area is 187 Å². The number of aliphatic hydroxyl groups excluding tert-OH is 1. The number of benzene rings is 1. The molecule has 2 heterocycles. The molecular formula is C24H28N2O4S. The van der Waals surface area contributed by atoms with Gasteiger partial charge in [-0.3, -0.25) is 9.59 Å². The van der Waals surface area contributed by atoms with Crippen molar-refractivity contribution >= 4 is 23.0 Å². The van der Waals surface area contributed by atoms with Gasteiger partial charge in [0.1, 0.15) is 12.4 Å². The largest absolute Gasteiger partial charge is 0.503 e. The number of thiophene rings is 1. The molecule has 1 atom stereocenters. The van der Waals surface area contributed by atoms with Crippen LogP contribution in [0.1, 0.15) is 35.1 Å². The fraction of sp³-hybridized carbons (Fsp3) is 0.333. The van der Waals surface area contributed by atoms with E-state index in [1.165, 1.54) is 11.3 Å². The van der Waals surface area contributed by atoms with Crippen LogP contribution >= 0.6 is 11.3 Å². The Bertz CT molecular complexity index is 964. The number of aliphatic hydroxyl groups is 1. The number of hydrogen-bond acceptors (Lipinski definition) is 6. The topological polar surface area (TPSA) is 70.1 Å². The molecule has 0 saturated heterocycles. The zero-order chi connectivity index (χ0) is 22.4. The third-order valence-corrected chi connectivity index (χ3v) is 6.26. The van der Waals surface area contributed by atoms with Crippen molar-refractivity contribution in [2.24, 2.45) is 0 Å². The number of Topliss-reactive ketones (excluding diaryl/α,β-unsaturated/α-hetero) is 1. The average molecular weight is 441 g/mol. The van der Waals surface area contributed by atoms with Gasteiger partial charge in [-0.25, -0.2) is 0 Å². The summed E-state index contributed by atoms with van der Waals surface area (Å²) < 4.78 is 5.65. The molecule has 0 fully saturated rings. The van der Waals surface area contributed by atoms with Crippen LogP contribution in [0.25, 0.3) is 0 Å². The first kappa shape index (κ1) is 22.8. The summed E-state index contributed by atoms with van der Waals surface area (Å²) in [7, 11) is 0. The summed E-state index contributed by atoms with van der Waals surface area (Å²) >= 11 is 1.29. The second-order valence-corrected chi connectivity index (χ2v) is 8.12. The van der Waals surface area contributed by atoms with E-state index in [2.05, 4.69) is 25.3 Å². The highest BCUT2D eigenvalue weighted by Crippen LogP contribution is 2.40. The molecule has 0 unspecified atom stereocenters. The van der Waals surface area contributed by atoms with Gasteiger partial charge in [0.2, 0.25) is 5.78 Å². The maximum Gasteiger partial charge on any atom is 0.290 e. The molecule has 0 aliphatic carbocycles. The molecule has 6 nitrogen and oxygen atoms in total. The monoisotopic (exact) mass is 440 g/mol. The lowest BCUT2D eigenvalue weighted by atomic mass is 9.95. The first-order valence-corrected chi connectivity index (χ1v) is 11.3. The lowest BCUT2D eigenvalue weighted by molar-refractivity contribution is -0.129. The van der Waals surface area contributed by atoms with Crippen molar-refractivity contribution in [2.45, 2.75) is 19.9 Å². The van der Waals surface area contributed by atoms with Gasteiger partial charge in [-0.1, -0.05) is 44.7 Å². The van der Waals surface area contributed by atoms with Crippen LogP contribution in [0.15, 0.2) is 65.8 Å². The second kappa shape index (κ2) is 10.4. The van der Waals surface area contributed by atoms with E-state index in [4.69, 9.17) is 4.74 Å². The fourth-order valence-corrected chi connectivity index (χ4v) is 4.40. The molecular weight excluding hydrogens is 412 g/mol. The number of amides is 1. The summed E-state index contributed by atoms with van der Waals surface area (Å²) in [4.78, 5) is 30.6. The Morgan fingerprint density at radius 3 is 2.71 bits per heavy atom. The van der Waals surface area contributed by atoms with E-state index in [-0.39, 0.29) is 11.4 Å². The number of ether oxygens (including phenoxy) is 1. The Hall–Kier alpha value is -2.90. The predicted molar refractivity (Wildman–Crippen MR) is 123 cm³/mol. The van der Waals surface area contributed by atoms with E-state index in [1.54, 1.807) is 28.5 Å². The second-order valence-electron chi connectivity index (χ2n) is 7.17. The third-order valence-electron chi connectivity index (χ3n) is 5.39. The molecule has 1 aliphatic rings. The molecule has 1 amide bonds. The molecule has 0 saturated carbocycles. The number of hydrogen-bond donors (Lipinski definition) is 1. The normalized spacial score (nSPS) is 16.3. The molecule has 1 N–H and O–H groups in total. The van der Waals surface area contributed by atoms with Gasteiger partial charge in [-0.2, -0.15) is 0 Å². The summed E-state index contributed by atoms with van der Waals surface area (Å²) in [6, 6.07) is 10.1. The van der Waals surface area contributed by atoms with E-state index in [1.807, 2.05) is 24.3 Å². The van der Waals surface area contributed by atoms with Crippen LogP contribution in [0.4, 0.5) is 0 Å². The zero-order valence-corrected chi connectivity index (χ0v) is 18.7. The molecule has 0 bridgehead atoms. The Morgan fingerprint density at radius 2 is 2.06 bits per heavy atom. The van der Waals surface area contributed by atoms with Gasteiger partial charge in [-0.05, 0) is 42.2 Å². The van der Waals surface area contributed by atoms with Gasteiger partial charge in [0.25, 0.3) is 5.91 Å². The minimum atomic E-state index is -0.676. The summed E-state index contributed by atoms with van der Waals surface area (Å²) in [5.74, 6) is -0.703. The molecule has 1 aliphatic heterocycles. The Balaban J connectivity index is 2.01. The first-order valence-electron chi connectivity index (χ1n) is 10.4. The van der Waals surface area contributed by atoms with Gasteiger partial charge in [-0.15, -0.1) is 11.3 Å². The van der Waals surface area contributed by atoms with Crippen LogP contribution < -0.4 is 4.74 Å². The highest BCUT2D eigenvalue weighted by Gasteiger charge is 2.44. The number of carbonyl (C=O) groups is 2. The molecule has 0 radical (unpaired) electrons. The van der Waals surface area contributed by atoms with Crippen LogP contribution in [0.5, 0.6) is 5.75 Å². The average Bonchev–Trinajstić information content (AvgIpc) is 3.41. The molecule has 3 rings (SSSR count). The number of nitrogens with zero attached hydrogens (tertiary/aromatic N) is 2. The van der Waals surface area contributed by atoms with Gasteiger partial charge in [0.05, 0.1) is 16.5 Å². The molecule has 31 heavy (non-hydrogen) atoms. The van der Waals surface area contributed by atoms with E-state index in [9.17, 15) is 14.7 Å².